The van der Waals surface area contributed by atoms with Gasteiger partial charge < -0.3 is 11.1 Å². The maximum atomic E-state index is 6.11. The first-order valence-electron chi connectivity index (χ1n) is 8.05. The van der Waals surface area contributed by atoms with Crippen molar-refractivity contribution < 1.29 is 0 Å². The molecule has 1 aromatic carbocycles. The second-order valence-corrected chi connectivity index (χ2v) is 7.09. The Morgan fingerprint density at radius 1 is 1.20 bits per heavy atom. The van der Waals surface area contributed by atoms with E-state index in [2.05, 4.69) is 56.4 Å². The van der Waals surface area contributed by atoms with Crippen LogP contribution in [-0.2, 0) is 0 Å². The highest BCUT2D eigenvalue weighted by Gasteiger charge is 2.38. The van der Waals surface area contributed by atoms with Crippen LogP contribution in [0.4, 0.5) is 5.69 Å². The van der Waals surface area contributed by atoms with Crippen LogP contribution in [0.1, 0.15) is 52.9 Å². The lowest BCUT2D eigenvalue weighted by Gasteiger charge is -2.45. The maximum absolute atomic E-state index is 6.11. The molecule has 0 radical (unpaired) electrons. The zero-order valence-corrected chi connectivity index (χ0v) is 13.3. The minimum atomic E-state index is 0.0989. The fraction of sp³-hybridized carbons (Fsp3) is 0.667. The number of rotatable bonds is 5. The van der Waals surface area contributed by atoms with Crippen LogP contribution in [0.3, 0.4) is 0 Å². The van der Waals surface area contributed by atoms with Gasteiger partial charge in [0.15, 0.2) is 0 Å². The van der Waals surface area contributed by atoms with Crippen molar-refractivity contribution in [2.24, 2.45) is 17.1 Å². The molecule has 0 aliphatic heterocycles. The predicted molar refractivity (Wildman–Crippen MR) is 87.9 cm³/mol. The van der Waals surface area contributed by atoms with Gasteiger partial charge in [-0.2, -0.15) is 0 Å². The largest absolute Gasteiger partial charge is 0.378 e. The quantitative estimate of drug-likeness (QED) is 0.834. The van der Waals surface area contributed by atoms with Crippen molar-refractivity contribution >= 4 is 5.69 Å². The molecule has 112 valence electrons. The molecule has 3 N–H and O–H groups in total. The van der Waals surface area contributed by atoms with Crippen LogP contribution in [0.15, 0.2) is 30.3 Å². The summed E-state index contributed by atoms with van der Waals surface area (Å²) in [5.74, 6) is 0.838. The van der Waals surface area contributed by atoms with Gasteiger partial charge in [0.1, 0.15) is 0 Å². The summed E-state index contributed by atoms with van der Waals surface area (Å²) in [4.78, 5) is 0. The van der Waals surface area contributed by atoms with Crippen LogP contribution < -0.4 is 11.1 Å². The Labute approximate surface area is 124 Å². The van der Waals surface area contributed by atoms with Gasteiger partial charge in [0.2, 0.25) is 0 Å². The van der Waals surface area contributed by atoms with Crippen molar-refractivity contribution in [2.75, 3.05) is 11.9 Å². The highest BCUT2D eigenvalue weighted by Crippen LogP contribution is 2.44. The molecule has 0 aromatic heterocycles. The maximum Gasteiger partial charge on any atom is 0.0495 e. The third-order valence-corrected chi connectivity index (χ3v) is 5.53. The minimum absolute atomic E-state index is 0.0989. The number of anilines is 1. The first kappa shape index (κ1) is 15.4. The summed E-state index contributed by atoms with van der Waals surface area (Å²) in [6.07, 6.45) is 6.22. The zero-order valence-electron chi connectivity index (χ0n) is 13.3. The van der Waals surface area contributed by atoms with Crippen molar-refractivity contribution in [3.63, 3.8) is 0 Å². The van der Waals surface area contributed by atoms with Crippen molar-refractivity contribution in [3.8, 4) is 0 Å². The lowest BCUT2D eigenvalue weighted by molar-refractivity contribution is 0.124. The van der Waals surface area contributed by atoms with Crippen LogP contribution >= 0.6 is 0 Å². The molecule has 0 spiro atoms. The van der Waals surface area contributed by atoms with Crippen LogP contribution in [-0.4, -0.2) is 12.1 Å². The molecule has 0 bridgehead atoms. The highest BCUT2D eigenvalue weighted by molar-refractivity contribution is 5.45. The first-order valence-corrected chi connectivity index (χ1v) is 8.05. The third-order valence-electron chi connectivity index (χ3n) is 5.53. The summed E-state index contributed by atoms with van der Waals surface area (Å²) in [6, 6.07) is 10.5. The van der Waals surface area contributed by atoms with E-state index in [4.69, 9.17) is 5.73 Å². The molecular formula is C18H30N2. The van der Waals surface area contributed by atoms with Gasteiger partial charge >= 0.3 is 0 Å². The number of nitrogens with two attached hydrogens (primary N) is 1. The molecule has 1 aromatic rings. The van der Waals surface area contributed by atoms with Gasteiger partial charge in [-0.3, -0.25) is 0 Å². The Morgan fingerprint density at radius 2 is 1.80 bits per heavy atom. The number of para-hydroxylation sites is 1. The molecule has 2 rings (SSSR count). The number of hydrogen-bond acceptors (Lipinski definition) is 2. The molecular weight excluding hydrogens is 244 g/mol. The summed E-state index contributed by atoms with van der Waals surface area (Å²) in [6.45, 7) is 7.86. The van der Waals surface area contributed by atoms with E-state index >= 15 is 0 Å². The van der Waals surface area contributed by atoms with E-state index in [1.54, 1.807) is 0 Å². The summed E-state index contributed by atoms with van der Waals surface area (Å²) >= 11 is 0. The Bertz CT molecular complexity index is 403. The van der Waals surface area contributed by atoms with Gasteiger partial charge in [0.05, 0.1) is 0 Å². The van der Waals surface area contributed by atoms with Gasteiger partial charge in [-0.1, -0.05) is 45.4 Å². The number of hydrogen-bond donors (Lipinski definition) is 2. The smallest absolute Gasteiger partial charge is 0.0495 e. The molecule has 1 saturated carbocycles. The molecule has 0 heterocycles. The fourth-order valence-corrected chi connectivity index (χ4v) is 3.45. The number of benzene rings is 1. The van der Waals surface area contributed by atoms with Gasteiger partial charge in [0, 0.05) is 17.8 Å². The predicted octanol–water partition coefficient (Wildman–Crippen LogP) is 4.42. The van der Waals surface area contributed by atoms with Gasteiger partial charge in [-0.25, -0.2) is 0 Å². The minimum Gasteiger partial charge on any atom is -0.378 e. The van der Waals surface area contributed by atoms with Gasteiger partial charge in [0.25, 0.3) is 0 Å². The van der Waals surface area contributed by atoms with E-state index in [9.17, 15) is 0 Å². The first-order chi connectivity index (χ1) is 9.51. The molecule has 20 heavy (non-hydrogen) atoms. The number of nitrogens with one attached hydrogen (secondary N) is 1. The Morgan fingerprint density at radius 3 is 2.30 bits per heavy atom. The summed E-state index contributed by atoms with van der Waals surface area (Å²) in [7, 11) is 0. The average Bonchev–Trinajstić information content (AvgIpc) is 2.49. The van der Waals surface area contributed by atoms with Crippen molar-refractivity contribution in [1.29, 1.82) is 0 Å². The van der Waals surface area contributed by atoms with Crippen molar-refractivity contribution in [2.45, 2.75) is 58.4 Å². The van der Waals surface area contributed by atoms with Gasteiger partial charge in [-0.05, 0) is 49.1 Å². The molecule has 1 fully saturated rings. The topological polar surface area (TPSA) is 38.0 Å². The molecule has 0 saturated heterocycles. The highest BCUT2D eigenvalue weighted by atomic mass is 15.0. The van der Waals surface area contributed by atoms with E-state index in [-0.39, 0.29) is 5.54 Å². The van der Waals surface area contributed by atoms with Crippen LogP contribution in [0.25, 0.3) is 0 Å². The molecule has 0 unspecified atom stereocenters. The second kappa shape index (κ2) is 6.17. The zero-order chi connectivity index (χ0) is 14.6. The Balaban J connectivity index is 2.01. The molecule has 1 aliphatic rings. The Kier molecular flexibility index (Phi) is 4.74. The standard InChI is InChI=1S/C18H30N2/c1-4-17(2,3)15-10-12-18(14-19,13-11-15)20-16-8-6-5-7-9-16/h5-9,15,20H,4,10-14,19H2,1-3H3. The molecule has 0 amide bonds. The normalized spacial score (nSPS) is 27.3. The Hall–Kier alpha value is -1.02. The fourth-order valence-electron chi connectivity index (χ4n) is 3.45. The van der Waals surface area contributed by atoms with Crippen LogP contribution in [0.5, 0.6) is 0 Å². The van der Waals surface area contributed by atoms with E-state index in [0.717, 1.165) is 12.5 Å². The lowest BCUT2D eigenvalue weighted by Crippen LogP contribution is -2.49. The van der Waals surface area contributed by atoms with E-state index < -0.39 is 0 Å². The summed E-state index contributed by atoms with van der Waals surface area (Å²) in [5, 5.41) is 3.71. The molecule has 1 aliphatic carbocycles. The van der Waals surface area contributed by atoms with E-state index in [1.807, 2.05) is 0 Å². The molecule has 2 nitrogen and oxygen atoms in total. The monoisotopic (exact) mass is 274 g/mol. The van der Waals surface area contributed by atoms with E-state index in [0.29, 0.717) is 5.41 Å². The summed E-state index contributed by atoms with van der Waals surface area (Å²) < 4.78 is 0. The van der Waals surface area contributed by atoms with E-state index in [1.165, 1.54) is 37.8 Å². The summed E-state index contributed by atoms with van der Waals surface area (Å²) in [5.41, 5.74) is 7.88. The third kappa shape index (κ3) is 3.35. The second-order valence-electron chi connectivity index (χ2n) is 7.09. The van der Waals surface area contributed by atoms with Crippen molar-refractivity contribution in [1.82, 2.24) is 0 Å². The SMILES string of the molecule is CCC(C)(C)C1CCC(CN)(Nc2ccccc2)CC1. The molecule has 0 atom stereocenters. The van der Waals surface area contributed by atoms with Gasteiger partial charge in [-0.15, -0.1) is 0 Å². The molecule has 2 heteroatoms. The average molecular weight is 274 g/mol. The van der Waals surface area contributed by atoms with Crippen molar-refractivity contribution in [3.05, 3.63) is 30.3 Å². The lowest BCUT2D eigenvalue weighted by atomic mass is 9.65. The van der Waals surface area contributed by atoms with Crippen LogP contribution in [0, 0.1) is 11.3 Å². The van der Waals surface area contributed by atoms with Crippen LogP contribution in [0.2, 0.25) is 0 Å².